The van der Waals surface area contributed by atoms with Crippen molar-refractivity contribution in [3.8, 4) is 0 Å². The van der Waals surface area contributed by atoms with Gasteiger partial charge in [0.15, 0.2) is 11.2 Å². The highest BCUT2D eigenvalue weighted by Gasteiger charge is 2.13. The first-order chi connectivity index (χ1) is 11.5. The third-order valence-corrected chi connectivity index (χ3v) is 4.45. The SMILES string of the molecule is Cc1ccc(CCCCn2cnc3c2c(=O)n(C)c(=O)n3C)cc1. The number of nitrogens with zero attached hydrogens (tertiary/aromatic N) is 4. The van der Waals surface area contributed by atoms with Crippen LogP contribution in [0.1, 0.15) is 24.0 Å². The molecule has 2 aromatic heterocycles. The molecule has 6 heteroatoms. The number of unbranched alkanes of at least 4 members (excludes halogenated alkanes) is 1. The normalized spacial score (nSPS) is 11.3. The van der Waals surface area contributed by atoms with E-state index in [-0.39, 0.29) is 11.2 Å². The minimum absolute atomic E-state index is 0.288. The fourth-order valence-electron chi connectivity index (χ4n) is 2.93. The summed E-state index contributed by atoms with van der Waals surface area (Å²) in [6.07, 6.45) is 4.65. The van der Waals surface area contributed by atoms with Crippen LogP contribution in [-0.4, -0.2) is 18.7 Å². The van der Waals surface area contributed by atoms with E-state index in [2.05, 4.69) is 36.2 Å². The Hall–Kier alpha value is -2.63. The molecule has 0 spiro atoms. The van der Waals surface area contributed by atoms with Gasteiger partial charge in [-0.25, -0.2) is 9.78 Å². The van der Waals surface area contributed by atoms with Crippen molar-refractivity contribution < 1.29 is 0 Å². The second kappa shape index (κ2) is 6.47. The zero-order valence-corrected chi connectivity index (χ0v) is 14.3. The van der Waals surface area contributed by atoms with Gasteiger partial charge < -0.3 is 4.57 Å². The minimum Gasteiger partial charge on any atom is -0.325 e. The smallest absolute Gasteiger partial charge is 0.325 e. The molecule has 126 valence electrons. The molecule has 24 heavy (non-hydrogen) atoms. The van der Waals surface area contributed by atoms with Gasteiger partial charge in [0.05, 0.1) is 6.33 Å². The summed E-state index contributed by atoms with van der Waals surface area (Å²) in [6.45, 7) is 2.80. The molecular weight excluding hydrogens is 304 g/mol. The van der Waals surface area contributed by atoms with Crippen LogP contribution in [0.25, 0.3) is 11.2 Å². The first-order valence-corrected chi connectivity index (χ1v) is 8.15. The zero-order valence-electron chi connectivity index (χ0n) is 14.3. The maximum atomic E-state index is 12.4. The molecule has 1 aromatic carbocycles. The third kappa shape index (κ3) is 2.91. The molecule has 0 aliphatic rings. The summed E-state index contributed by atoms with van der Waals surface area (Å²) in [4.78, 5) is 28.5. The van der Waals surface area contributed by atoms with Crippen LogP contribution in [0, 0.1) is 6.92 Å². The lowest BCUT2D eigenvalue weighted by atomic mass is 10.1. The fraction of sp³-hybridized carbons (Fsp3) is 0.389. The van der Waals surface area contributed by atoms with Crippen LogP contribution in [-0.2, 0) is 27.1 Å². The number of fused-ring (bicyclic) bond motifs is 1. The average Bonchev–Trinajstić information content (AvgIpc) is 3.00. The van der Waals surface area contributed by atoms with Crippen LogP contribution in [0.2, 0.25) is 0 Å². The molecule has 0 aliphatic heterocycles. The summed E-state index contributed by atoms with van der Waals surface area (Å²) in [7, 11) is 3.14. The van der Waals surface area contributed by atoms with Crippen molar-refractivity contribution in [2.45, 2.75) is 32.7 Å². The van der Waals surface area contributed by atoms with Crippen LogP contribution >= 0.6 is 0 Å². The summed E-state index contributed by atoms with van der Waals surface area (Å²) in [5, 5.41) is 0. The summed E-state index contributed by atoms with van der Waals surface area (Å²) >= 11 is 0. The third-order valence-electron chi connectivity index (χ3n) is 4.45. The molecule has 0 N–H and O–H groups in total. The molecule has 3 rings (SSSR count). The van der Waals surface area contributed by atoms with E-state index in [9.17, 15) is 9.59 Å². The second-order valence-corrected chi connectivity index (χ2v) is 6.26. The van der Waals surface area contributed by atoms with Gasteiger partial charge in [0.25, 0.3) is 5.56 Å². The van der Waals surface area contributed by atoms with E-state index in [1.54, 1.807) is 13.4 Å². The summed E-state index contributed by atoms with van der Waals surface area (Å²) < 4.78 is 4.40. The van der Waals surface area contributed by atoms with Gasteiger partial charge in [-0.2, -0.15) is 0 Å². The number of imidazole rings is 1. The number of rotatable bonds is 5. The molecule has 0 atom stereocenters. The number of hydrogen-bond acceptors (Lipinski definition) is 3. The molecule has 0 amide bonds. The molecule has 0 bridgehead atoms. The molecule has 6 nitrogen and oxygen atoms in total. The first-order valence-electron chi connectivity index (χ1n) is 8.15. The number of aryl methyl sites for hydroxylation is 4. The van der Waals surface area contributed by atoms with E-state index in [1.807, 2.05) is 4.57 Å². The van der Waals surface area contributed by atoms with Crippen molar-refractivity contribution in [3.05, 3.63) is 62.6 Å². The van der Waals surface area contributed by atoms with Gasteiger partial charge in [-0.3, -0.25) is 13.9 Å². The van der Waals surface area contributed by atoms with Gasteiger partial charge in [0.1, 0.15) is 0 Å². The Labute approximate surface area is 140 Å². The standard InChI is InChI=1S/C18H22N4O2/c1-13-7-9-14(10-8-13)6-4-5-11-22-12-19-16-15(22)17(23)21(3)18(24)20(16)2/h7-10,12H,4-6,11H2,1-3H3. The Bertz CT molecular complexity index is 977. The van der Waals surface area contributed by atoms with E-state index in [1.165, 1.54) is 22.7 Å². The lowest BCUT2D eigenvalue weighted by molar-refractivity contribution is 0.616. The topological polar surface area (TPSA) is 61.8 Å². The van der Waals surface area contributed by atoms with E-state index in [4.69, 9.17) is 0 Å². The van der Waals surface area contributed by atoms with Gasteiger partial charge in [0.2, 0.25) is 0 Å². The first kappa shape index (κ1) is 16.2. The summed E-state index contributed by atoms with van der Waals surface area (Å²) in [5.41, 5.74) is 2.90. The van der Waals surface area contributed by atoms with Crippen LogP contribution < -0.4 is 11.2 Å². The van der Waals surface area contributed by atoms with Gasteiger partial charge in [0, 0.05) is 20.6 Å². The average molecular weight is 326 g/mol. The molecule has 2 heterocycles. The fourth-order valence-corrected chi connectivity index (χ4v) is 2.93. The molecule has 0 fully saturated rings. The Kier molecular flexibility index (Phi) is 4.38. The van der Waals surface area contributed by atoms with Crippen molar-refractivity contribution in [2.75, 3.05) is 0 Å². The van der Waals surface area contributed by atoms with Crippen LogP contribution in [0.3, 0.4) is 0 Å². The number of hydrogen-bond donors (Lipinski definition) is 0. The van der Waals surface area contributed by atoms with Gasteiger partial charge in [-0.05, 0) is 31.7 Å². The molecule has 0 unspecified atom stereocenters. The molecule has 0 radical (unpaired) electrons. The molecular formula is C18H22N4O2. The second-order valence-electron chi connectivity index (χ2n) is 6.26. The lowest BCUT2D eigenvalue weighted by Gasteiger charge is -2.07. The van der Waals surface area contributed by atoms with Gasteiger partial charge in [-0.1, -0.05) is 29.8 Å². The van der Waals surface area contributed by atoms with Crippen molar-refractivity contribution in [3.63, 3.8) is 0 Å². The molecule has 0 saturated carbocycles. The maximum Gasteiger partial charge on any atom is 0.332 e. The Morgan fingerprint density at radius 1 is 1.00 bits per heavy atom. The van der Waals surface area contributed by atoms with Crippen LogP contribution in [0.4, 0.5) is 0 Å². The maximum absolute atomic E-state index is 12.4. The monoisotopic (exact) mass is 326 g/mol. The Morgan fingerprint density at radius 2 is 1.71 bits per heavy atom. The summed E-state index contributed by atoms with van der Waals surface area (Å²) in [5.74, 6) is 0. The van der Waals surface area contributed by atoms with Crippen LogP contribution in [0.5, 0.6) is 0 Å². The van der Waals surface area contributed by atoms with Crippen molar-refractivity contribution in [1.29, 1.82) is 0 Å². The predicted octanol–water partition coefficient (Wildman–Crippen LogP) is 1.77. The molecule has 3 aromatic rings. The molecule has 0 saturated heterocycles. The highest BCUT2D eigenvalue weighted by molar-refractivity contribution is 5.69. The van der Waals surface area contributed by atoms with Gasteiger partial charge in [-0.15, -0.1) is 0 Å². The van der Waals surface area contributed by atoms with Crippen molar-refractivity contribution >= 4 is 11.2 Å². The number of benzene rings is 1. The summed E-state index contributed by atoms with van der Waals surface area (Å²) in [6, 6.07) is 8.58. The van der Waals surface area contributed by atoms with Crippen LogP contribution in [0.15, 0.2) is 40.2 Å². The highest BCUT2D eigenvalue weighted by Crippen LogP contribution is 2.10. The van der Waals surface area contributed by atoms with E-state index >= 15 is 0 Å². The Morgan fingerprint density at radius 3 is 2.42 bits per heavy atom. The quantitative estimate of drug-likeness (QED) is 0.671. The predicted molar refractivity (Wildman–Crippen MR) is 94.3 cm³/mol. The van der Waals surface area contributed by atoms with Gasteiger partial charge >= 0.3 is 5.69 Å². The lowest BCUT2D eigenvalue weighted by Crippen LogP contribution is -2.37. The van der Waals surface area contributed by atoms with Crippen molar-refractivity contribution in [1.82, 2.24) is 18.7 Å². The largest absolute Gasteiger partial charge is 0.332 e. The van der Waals surface area contributed by atoms with Crippen molar-refractivity contribution in [2.24, 2.45) is 14.1 Å². The van der Waals surface area contributed by atoms with E-state index < -0.39 is 0 Å². The van der Waals surface area contributed by atoms with E-state index in [0.717, 1.165) is 30.4 Å². The highest BCUT2D eigenvalue weighted by atomic mass is 16.2. The zero-order chi connectivity index (χ0) is 17.3. The molecule has 0 aliphatic carbocycles. The Balaban J connectivity index is 1.73. The number of aromatic nitrogens is 4. The van der Waals surface area contributed by atoms with E-state index in [0.29, 0.717) is 11.2 Å². The minimum atomic E-state index is -0.350.